The van der Waals surface area contributed by atoms with Gasteiger partial charge >= 0.3 is 0 Å². The van der Waals surface area contributed by atoms with Crippen LogP contribution >= 0.6 is 0 Å². The van der Waals surface area contributed by atoms with Crippen LogP contribution in [0.2, 0.25) is 0 Å². The zero-order valence-electron chi connectivity index (χ0n) is 10.6. The molecule has 0 radical (unpaired) electrons. The Hall–Kier alpha value is -0.120. The van der Waals surface area contributed by atoms with Crippen molar-refractivity contribution in [3.63, 3.8) is 0 Å². The summed E-state index contributed by atoms with van der Waals surface area (Å²) in [5.74, 6) is 0.639. The van der Waals surface area contributed by atoms with Crippen molar-refractivity contribution < 1.29 is 0 Å². The Balaban J connectivity index is 2.31. The van der Waals surface area contributed by atoms with Crippen molar-refractivity contribution >= 4 is 0 Å². The first-order chi connectivity index (χ1) is 7.21. The molecule has 15 heavy (non-hydrogen) atoms. The van der Waals surface area contributed by atoms with Crippen molar-refractivity contribution in [3.8, 4) is 0 Å². The molecular formula is C12H27N3. The number of rotatable bonds is 6. The van der Waals surface area contributed by atoms with Crippen molar-refractivity contribution in [3.05, 3.63) is 0 Å². The maximum atomic E-state index is 5.66. The van der Waals surface area contributed by atoms with E-state index in [2.05, 4.69) is 30.6 Å². The van der Waals surface area contributed by atoms with Crippen molar-refractivity contribution in [2.45, 2.75) is 33.2 Å². The number of likely N-dealkylation sites (N-methyl/N-ethyl adjacent to an activating group) is 1. The Bertz CT molecular complexity index is 168. The zero-order valence-corrected chi connectivity index (χ0v) is 10.6. The fourth-order valence-electron chi connectivity index (χ4n) is 2.53. The first kappa shape index (κ1) is 12.9. The van der Waals surface area contributed by atoms with Crippen LogP contribution < -0.4 is 5.73 Å². The van der Waals surface area contributed by atoms with Gasteiger partial charge in [0.15, 0.2) is 0 Å². The molecular weight excluding hydrogens is 186 g/mol. The monoisotopic (exact) mass is 213 g/mol. The maximum Gasteiger partial charge on any atom is 0.0235 e. The molecule has 0 aromatic rings. The summed E-state index contributed by atoms with van der Waals surface area (Å²) < 4.78 is 0. The van der Waals surface area contributed by atoms with Crippen LogP contribution in [-0.2, 0) is 0 Å². The number of nitrogens with zero attached hydrogens (tertiary/aromatic N) is 2. The highest BCUT2D eigenvalue weighted by molar-refractivity contribution is 4.83. The van der Waals surface area contributed by atoms with E-state index in [1.807, 2.05) is 0 Å². The summed E-state index contributed by atoms with van der Waals surface area (Å²) in [6.45, 7) is 13.6. The standard InChI is InChI=1S/C12H27N3/c1-4-15(5-2)12-6-7-14(10-12)9-11(3)8-13/h11-12H,4-10,13H2,1-3H3. The van der Waals surface area contributed by atoms with Crippen molar-refractivity contribution in [2.24, 2.45) is 11.7 Å². The van der Waals surface area contributed by atoms with Crippen LogP contribution in [-0.4, -0.2) is 55.1 Å². The van der Waals surface area contributed by atoms with E-state index in [4.69, 9.17) is 5.73 Å². The summed E-state index contributed by atoms with van der Waals surface area (Å²) in [5, 5.41) is 0. The largest absolute Gasteiger partial charge is 0.330 e. The van der Waals surface area contributed by atoms with Crippen molar-refractivity contribution in [2.75, 3.05) is 39.3 Å². The van der Waals surface area contributed by atoms with E-state index in [9.17, 15) is 0 Å². The normalized spacial score (nSPS) is 25.0. The number of nitrogens with two attached hydrogens (primary N) is 1. The lowest BCUT2D eigenvalue weighted by atomic mass is 10.2. The molecule has 3 heteroatoms. The third-order valence-electron chi connectivity index (χ3n) is 3.55. The van der Waals surface area contributed by atoms with Crippen LogP contribution in [0.3, 0.4) is 0 Å². The van der Waals surface area contributed by atoms with Gasteiger partial charge in [0.05, 0.1) is 0 Å². The molecule has 0 saturated carbocycles. The highest BCUT2D eigenvalue weighted by Crippen LogP contribution is 2.16. The molecule has 90 valence electrons. The van der Waals surface area contributed by atoms with Gasteiger partial charge < -0.3 is 10.6 Å². The summed E-state index contributed by atoms with van der Waals surface area (Å²) in [7, 11) is 0. The third-order valence-corrected chi connectivity index (χ3v) is 3.55. The van der Waals surface area contributed by atoms with Crippen molar-refractivity contribution in [1.29, 1.82) is 0 Å². The van der Waals surface area contributed by atoms with E-state index in [-0.39, 0.29) is 0 Å². The second-order valence-electron chi connectivity index (χ2n) is 4.76. The average molecular weight is 213 g/mol. The quantitative estimate of drug-likeness (QED) is 0.714. The van der Waals surface area contributed by atoms with Gasteiger partial charge in [-0.15, -0.1) is 0 Å². The van der Waals surface area contributed by atoms with Crippen LogP contribution in [0.1, 0.15) is 27.2 Å². The lowest BCUT2D eigenvalue weighted by Crippen LogP contribution is -2.38. The van der Waals surface area contributed by atoms with E-state index < -0.39 is 0 Å². The minimum atomic E-state index is 0.639. The smallest absolute Gasteiger partial charge is 0.0235 e. The highest BCUT2D eigenvalue weighted by atomic mass is 15.2. The predicted molar refractivity (Wildman–Crippen MR) is 66.0 cm³/mol. The summed E-state index contributed by atoms with van der Waals surface area (Å²) in [4.78, 5) is 5.15. The lowest BCUT2D eigenvalue weighted by Gasteiger charge is -2.26. The van der Waals surface area contributed by atoms with Gasteiger partial charge in [0.2, 0.25) is 0 Å². The molecule has 0 bridgehead atoms. The van der Waals surface area contributed by atoms with Gasteiger partial charge in [0.1, 0.15) is 0 Å². The van der Waals surface area contributed by atoms with E-state index in [0.29, 0.717) is 5.92 Å². The van der Waals surface area contributed by atoms with Crippen LogP contribution in [0.5, 0.6) is 0 Å². The molecule has 1 aliphatic heterocycles. The Morgan fingerprint density at radius 1 is 1.40 bits per heavy atom. The fraction of sp³-hybridized carbons (Fsp3) is 1.00. The van der Waals surface area contributed by atoms with E-state index in [1.54, 1.807) is 0 Å². The van der Waals surface area contributed by atoms with Crippen LogP contribution in [0.25, 0.3) is 0 Å². The highest BCUT2D eigenvalue weighted by Gasteiger charge is 2.26. The number of likely N-dealkylation sites (tertiary alicyclic amines) is 1. The third kappa shape index (κ3) is 3.74. The second kappa shape index (κ2) is 6.46. The fourth-order valence-corrected chi connectivity index (χ4v) is 2.53. The van der Waals surface area contributed by atoms with Crippen LogP contribution in [0.4, 0.5) is 0 Å². The van der Waals surface area contributed by atoms with Gasteiger partial charge in [0, 0.05) is 19.1 Å². The summed E-state index contributed by atoms with van der Waals surface area (Å²) in [6, 6.07) is 0.782. The molecule has 1 rings (SSSR count). The average Bonchev–Trinajstić information content (AvgIpc) is 2.68. The molecule has 0 aromatic carbocycles. The number of hydrogen-bond acceptors (Lipinski definition) is 3. The van der Waals surface area contributed by atoms with Gasteiger partial charge in [-0.1, -0.05) is 20.8 Å². The molecule has 0 spiro atoms. The minimum absolute atomic E-state index is 0.639. The molecule has 0 aliphatic carbocycles. The van der Waals surface area contributed by atoms with Gasteiger partial charge in [-0.05, 0) is 38.5 Å². The molecule has 2 N–H and O–H groups in total. The lowest BCUT2D eigenvalue weighted by molar-refractivity contribution is 0.204. The van der Waals surface area contributed by atoms with Crippen LogP contribution in [0, 0.1) is 5.92 Å². The maximum absolute atomic E-state index is 5.66. The Morgan fingerprint density at radius 3 is 2.60 bits per heavy atom. The molecule has 1 heterocycles. The first-order valence-electron chi connectivity index (χ1n) is 6.37. The van der Waals surface area contributed by atoms with Gasteiger partial charge in [-0.3, -0.25) is 4.90 Å². The van der Waals surface area contributed by atoms with Gasteiger partial charge in [-0.2, -0.15) is 0 Å². The molecule has 1 fully saturated rings. The number of hydrogen-bond donors (Lipinski definition) is 1. The summed E-state index contributed by atoms with van der Waals surface area (Å²) >= 11 is 0. The van der Waals surface area contributed by atoms with Gasteiger partial charge in [-0.25, -0.2) is 0 Å². The van der Waals surface area contributed by atoms with Gasteiger partial charge in [0.25, 0.3) is 0 Å². The predicted octanol–water partition coefficient (Wildman–Crippen LogP) is 0.997. The minimum Gasteiger partial charge on any atom is -0.330 e. The molecule has 0 amide bonds. The summed E-state index contributed by atoms with van der Waals surface area (Å²) in [6.07, 6.45) is 1.33. The Labute approximate surface area is 94.6 Å². The van der Waals surface area contributed by atoms with E-state index in [0.717, 1.165) is 12.6 Å². The molecule has 1 aliphatic rings. The second-order valence-corrected chi connectivity index (χ2v) is 4.76. The molecule has 1 saturated heterocycles. The SMILES string of the molecule is CCN(CC)C1CCN(CC(C)CN)C1. The topological polar surface area (TPSA) is 32.5 Å². The molecule has 2 unspecified atom stereocenters. The molecule has 3 nitrogen and oxygen atoms in total. The first-order valence-corrected chi connectivity index (χ1v) is 6.37. The Morgan fingerprint density at radius 2 is 2.07 bits per heavy atom. The van der Waals surface area contributed by atoms with Crippen LogP contribution in [0.15, 0.2) is 0 Å². The molecule has 2 atom stereocenters. The zero-order chi connectivity index (χ0) is 11.3. The molecule has 0 aromatic heterocycles. The van der Waals surface area contributed by atoms with Crippen molar-refractivity contribution in [1.82, 2.24) is 9.80 Å². The summed E-state index contributed by atoms with van der Waals surface area (Å²) in [5.41, 5.74) is 5.66. The van der Waals surface area contributed by atoms with E-state index >= 15 is 0 Å². The van der Waals surface area contributed by atoms with E-state index in [1.165, 1.54) is 39.1 Å². The Kier molecular flexibility index (Phi) is 5.58.